The van der Waals surface area contributed by atoms with Crippen LogP contribution in [0, 0.1) is 24.7 Å². The topological polar surface area (TPSA) is 98.7 Å². The van der Waals surface area contributed by atoms with Gasteiger partial charge in [-0.2, -0.15) is 0 Å². The fraction of sp³-hybridized carbons (Fsp3) is 0.464. The number of thioether (sulfide) groups is 1. The number of aryl methyl sites for hydroxylation is 1. The van der Waals surface area contributed by atoms with Gasteiger partial charge in [0.2, 0.25) is 17.7 Å². The average Bonchev–Trinajstić information content (AvgIpc) is 3.50. The molecule has 3 N–H and O–H groups in total. The molecular weight excluding hydrogens is 510 g/mol. The zero-order valence-corrected chi connectivity index (χ0v) is 22.7. The molecule has 3 saturated heterocycles. The van der Waals surface area contributed by atoms with Crippen molar-refractivity contribution in [3.05, 3.63) is 59.1 Å². The second-order valence-corrected chi connectivity index (χ2v) is 12.6. The molecule has 1 spiro atoms. The number of aliphatic hydroxyl groups excluding tert-OH is 1. The average molecular weight is 542 g/mol. The standard InChI is InChI=1S/C28H32ClN3O4S/c1-15(2)19(14-33)32-24(26(35)31-23-16(3)8-7-11-18(23)29)28-13-12-20(37-28)21(22(28)27(32)36)25(34)30-17-9-5-4-6-10-17/h4-11,15,19-22,24,33H,12-14H2,1-3H3,(H,30,34)(H,31,35)/t19-,20+,21-,22-,24?,28?/m0/s1. The van der Waals surface area contributed by atoms with Crippen LogP contribution in [0.15, 0.2) is 48.5 Å². The van der Waals surface area contributed by atoms with Crippen LogP contribution in [0.1, 0.15) is 32.3 Å². The minimum Gasteiger partial charge on any atom is -0.394 e. The molecule has 6 atom stereocenters. The summed E-state index contributed by atoms with van der Waals surface area (Å²) in [6.07, 6.45) is 1.40. The largest absolute Gasteiger partial charge is 0.394 e. The van der Waals surface area contributed by atoms with Crippen LogP contribution >= 0.6 is 23.4 Å². The molecule has 0 aromatic heterocycles. The smallest absolute Gasteiger partial charge is 0.248 e. The minimum absolute atomic E-state index is 0.0520. The Morgan fingerprint density at radius 3 is 2.51 bits per heavy atom. The lowest BCUT2D eigenvalue weighted by Gasteiger charge is -2.38. The number of aliphatic hydroxyl groups is 1. The highest BCUT2D eigenvalue weighted by Gasteiger charge is 2.74. The molecule has 2 bridgehead atoms. The summed E-state index contributed by atoms with van der Waals surface area (Å²) in [6, 6.07) is 13.2. The van der Waals surface area contributed by atoms with Gasteiger partial charge < -0.3 is 20.6 Å². The van der Waals surface area contributed by atoms with E-state index < -0.39 is 28.7 Å². The Hall–Kier alpha value is -2.55. The number of carbonyl (C=O) groups excluding carboxylic acids is 3. The van der Waals surface area contributed by atoms with Gasteiger partial charge in [0.1, 0.15) is 6.04 Å². The van der Waals surface area contributed by atoms with Crippen LogP contribution in [-0.4, -0.2) is 56.4 Å². The zero-order chi connectivity index (χ0) is 26.5. The van der Waals surface area contributed by atoms with Crippen LogP contribution in [0.4, 0.5) is 11.4 Å². The minimum atomic E-state index is -0.829. The summed E-state index contributed by atoms with van der Waals surface area (Å²) in [6.45, 7) is 5.45. The van der Waals surface area contributed by atoms with Gasteiger partial charge in [0, 0.05) is 10.9 Å². The summed E-state index contributed by atoms with van der Waals surface area (Å²) in [5.74, 6) is -2.04. The van der Waals surface area contributed by atoms with Gasteiger partial charge >= 0.3 is 0 Å². The van der Waals surface area contributed by atoms with Gasteiger partial charge in [0.05, 0.1) is 39.9 Å². The van der Waals surface area contributed by atoms with Gasteiger partial charge in [0.25, 0.3) is 0 Å². The van der Waals surface area contributed by atoms with E-state index in [1.54, 1.807) is 22.7 Å². The predicted octanol–water partition coefficient (Wildman–Crippen LogP) is 4.33. The Morgan fingerprint density at radius 1 is 1.14 bits per heavy atom. The van der Waals surface area contributed by atoms with Crippen molar-refractivity contribution in [3.8, 4) is 0 Å². The molecular formula is C28H32ClN3O4S. The summed E-state index contributed by atoms with van der Waals surface area (Å²) < 4.78 is -0.748. The van der Waals surface area contributed by atoms with Crippen molar-refractivity contribution in [2.24, 2.45) is 17.8 Å². The molecule has 3 fully saturated rings. The van der Waals surface area contributed by atoms with Crippen LogP contribution in [0.2, 0.25) is 5.02 Å². The summed E-state index contributed by atoms with van der Waals surface area (Å²) in [5.41, 5.74) is 2.01. The number of amides is 3. The Bertz CT molecular complexity index is 1200. The molecule has 5 rings (SSSR count). The molecule has 7 nitrogen and oxygen atoms in total. The third kappa shape index (κ3) is 4.23. The number of likely N-dealkylation sites (tertiary alicyclic amines) is 1. The molecule has 0 saturated carbocycles. The predicted molar refractivity (Wildman–Crippen MR) is 147 cm³/mol. The van der Waals surface area contributed by atoms with Crippen LogP contribution in [0.5, 0.6) is 0 Å². The summed E-state index contributed by atoms with van der Waals surface area (Å²) in [7, 11) is 0. The summed E-state index contributed by atoms with van der Waals surface area (Å²) in [4.78, 5) is 43.4. The number of halogens is 1. The molecule has 2 aromatic carbocycles. The first-order valence-corrected chi connectivity index (χ1v) is 14.0. The number of fused-ring (bicyclic) bond motifs is 1. The van der Waals surface area contributed by atoms with Gasteiger partial charge in [-0.3, -0.25) is 14.4 Å². The maximum absolute atomic E-state index is 14.2. The maximum atomic E-state index is 14.2. The van der Waals surface area contributed by atoms with E-state index in [2.05, 4.69) is 10.6 Å². The van der Waals surface area contributed by atoms with E-state index in [0.717, 1.165) is 12.0 Å². The number of para-hydroxylation sites is 2. The first kappa shape index (κ1) is 26.1. The van der Waals surface area contributed by atoms with Crippen molar-refractivity contribution in [1.82, 2.24) is 4.90 Å². The SMILES string of the molecule is Cc1cccc(Cl)c1NC(=O)C1N([C@@H](CO)C(C)C)C(=O)[C@@H]2[C@@H](C(=O)Nc3ccccc3)[C@H]3CCC12S3. The number of nitrogens with one attached hydrogen (secondary N) is 2. The zero-order valence-electron chi connectivity index (χ0n) is 21.1. The third-order valence-corrected chi connectivity index (χ3v) is 10.4. The number of nitrogens with zero attached hydrogens (tertiary/aromatic N) is 1. The number of hydrogen-bond donors (Lipinski definition) is 3. The molecule has 37 heavy (non-hydrogen) atoms. The van der Waals surface area contributed by atoms with Crippen LogP contribution in [-0.2, 0) is 14.4 Å². The van der Waals surface area contributed by atoms with E-state index in [1.807, 2.05) is 63.2 Å². The lowest BCUT2D eigenvalue weighted by molar-refractivity contribution is -0.142. The van der Waals surface area contributed by atoms with Gasteiger partial charge in [0.15, 0.2) is 0 Å². The monoisotopic (exact) mass is 541 g/mol. The fourth-order valence-corrected chi connectivity index (χ4v) is 8.87. The molecule has 9 heteroatoms. The quantitative estimate of drug-likeness (QED) is 0.484. The van der Waals surface area contributed by atoms with Crippen molar-refractivity contribution in [2.75, 3.05) is 17.2 Å². The van der Waals surface area contributed by atoms with Gasteiger partial charge in [-0.15, -0.1) is 11.8 Å². The lowest BCUT2D eigenvalue weighted by atomic mass is 9.70. The van der Waals surface area contributed by atoms with Crippen LogP contribution in [0.3, 0.4) is 0 Å². The second-order valence-electron chi connectivity index (χ2n) is 10.6. The van der Waals surface area contributed by atoms with Crippen LogP contribution in [0.25, 0.3) is 0 Å². The number of anilines is 2. The van der Waals surface area contributed by atoms with Crippen molar-refractivity contribution < 1.29 is 19.5 Å². The molecule has 2 unspecified atom stereocenters. The molecule has 3 aliphatic heterocycles. The Balaban J connectivity index is 1.53. The molecule has 0 radical (unpaired) electrons. The first-order chi connectivity index (χ1) is 17.7. The number of hydrogen-bond acceptors (Lipinski definition) is 5. The van der Waals surface area contributed by atoms with E-state index >= 15 is 0 Å². The highest BCUT2D eigenvalue weighted by atomic mass is 35.5. The first-order valence-electron chi connectivity index (χ1n) is 12.7. The number of benzene rings is 2. The van der Waals surface area contributed by atoms with Crippen molar-refractivity contribution in [2.45, 2.75) is 55.7 Å². The number of carbonyl (C=O) groups is 3. The van der Waals surface area contributed by atoms with Crippen LogP contribution < -0.4 is 10.6 Å². The molecule has 3 heterocycles. The van der Waals surface area contributed by atoms with Crippen molar-refractivity contribution in [1.29, 1.82) is 0 Å². The van der Waals surface area contributed by atoms with Crippen molar-refractivity contribution in [3.63, 3.8) is 0 Å². The molecule has 3 aliphatic rings. The molecule has 2 aromatic rings. The number of rotatable bonds is 7. The highest BCUT2D eigenvalue weighted by molar-refractivity contribution is 8.02. The maximum Gasteiger partial charge on any atom is 0.248 e. The fourth-order valence-electron chi connectivity index (χ4n) is 6.40. The molecule has 196 valence electrons. The highest BCUT2D eigenvalue weighted by Crippen LogP contribution is 2.67. The lowest BCUT2D eigenvalue weighted by Crippen LogP contribution is -2.56. The summed E-state index contributed by atoms with van der Waals surface area (Å²) >= 11 is 8.02. The Labute approximate surface area is 226 Å². The molecule has 3 amide bonds. The van der Waals surface area contributed by atoms with E-state index in [-0.39, 0.29) is 35.5 Å². The van der Waals surface area contributed by atoms with Gasteiger partial charge in [-0.1, -0.05) is 55.8 Å². The normalized spacial score (nSPS) is 28.9. The van der Waals surface area contributed by atoms with E-state index in [9.17, 15) is 19.5 Å². The Kier molecular flexibility index (Phi) is 7.02. The van der Waals surface area contributed by atoms with Gasteiger partial charge in [-0.05, 0) is 49.4 Å². The molecule has 0 aliphatic carbocycles. The van der Waals surface area contributed by atoms with E-state index in [0.29, 0.717) is 22.8 Å². The Morgan fingerprint density at radius 2 is 1.86 bits per heavy atom. The second kappa shape index (κ2) is 9.97. The van der Waals surface area contributed by atoms with E-state index in [4.69, 9.17) is 11.6 Å². The van der Waals surface area contributed by atoms with E-state index in [1.165, 1.54) is 0 Å². The van der Waals surface area contributed by atoms with Crippen molar-refractivity contribution >= 4 is 52.5 Å². The van der Waals surface area contributed by atoms with Gasteiger partial charge in [-0.25, -0.2) is 0 Å². The third-order valence-electron chi connectivity index (χ3n) is 8.11. The summed E-state index contributed by atoms with van der Waals surface area (Å²) in [5, 5.41) is 16.7.